The Bertz CT molecular complexity index is 1540. The number of anilines is 2. The number of allylic oxidation sites excluding steroid dienone is 1. The molecular formula is C29H27ClN4O3. The summed E-state index contributed by atoms with van der Waals surface area (Å²) in [5.41, 5.74) is 6.42. The van der Waals surface area contributed by atoms with Crippen LogP contribution in [0.25, 0.3) is 11.3 Å². The van der Waals surface area contributed by atoms with Crippen LogP contribution in [-0.4, -0.2) is 27.9 Å². The van der Waals surface area contributed by atoms with E-state index in [0.717, 1.165) is 39.5 Å². The Labute approximate surface area is 220 Å². The first-order valence-corrected chi connectivity index (χ1v) is 12.2. The first kappa shape index (κ1) is 24.5. The zero-order valence-electron chi connectivity index (χ0n) is 21.0. The highest BCUT2D eigenvalue weighted by Gasteiger charge is 2.34. The molecule has 2 heterocycles. The third-order valence-electron chi connectivity index (χ3n) is 6.51. The van der Waals surface area contributed by atoms with E-state index in [9.17, 15) is 9.90 Å². The standard InChI is InChI=1S/C29H27ClN4O3/c1-16-5-11-22(17(2)13-16)32-29(36)27-18(3)31-26-15-23(19-6-9-21(30)10-7-19)33-34(26)28(27)20-8-12-24(35)25(14-20)37-4/h5-15,28,31,35H,1-4H3,(H,32,36). The zero-order valence-corrected chi connectivity index (χ0v) is 21.7. The number of phenolic OH excluding ortho intramolecular Hbond substituents is 1. The average molecular weight is 515 g/mol. The minimum absolute atomic E-state index is 0.0182. The molecule has 1 atom stereocenters. The molecule has 1 amide bonds. The van der Waals surface area contributed by atoms with Gasteiger partial charge in [-0.1, -0.05) is 47.5 Å². The van der Waals surface area contributed by atoms with Crippen molar-refractivity contribution in [3.63, 3.8) is 0 Å². The predicted octanol–water partition coefficient (Wildman–Crippen LogP) is 6.46. The smallest absolute Gasteiger partial charge is 0.255 e. The Hall–Kier alpha value is -4.23. The van der Waals surface area contributed by atoms with Crippen LogP contribution in [0.4, 0.5) is 11.5 Å². The highest BCUT2D eigenvalue weighted by Crippen LogP contribution is 2.40. The van der Waals surface area contributed by atoms with E-state index in [0.29, 0.717) is 22.0 Å². The van der Waals surface area contributed by atoms with Gasteiger partial charge in [0, 0.05) is 28.0 Å². The van der Waals surface area contributed by atoms with E-state index in [1.54, 1.807) is 22.9 Å². The summed E-state index contributed by atoms with van der Waals surface area (Å²) in [7, 11) is 1.49. The number of halogens is 1. The average Bonchev–Trinajstić information content (AvgIpc) is 3.29. The summed E-state index contributed by atoms with van der Waals surface area (Å²) in [6.45, 7) is 5.86. The molecule has 0 saturated heterocycles. The van der Waals surface area contributed by atoms with Gasteiger partial charge in [0.2, 0.25) is 0 Å². The topological polar surface area (TPSA) is 88.4 Å². The summed E-state index contributed by atoms with van der Waals surface area (Å²) in [5, 5.41) is 22.2. The van der Waals surface area contributed by atoms with Gasteiger partial charge >= 0.3 is 0 Å². The number of ether oxygens (including phenoxy) is 1. The Balaban J connectivity index is 1.62. The van der Waals surface area contributed by atoms with Crippen LogP contribution < -0.4 is 15.4 Å². The summed E-state index contributed by atoms with van der Waals surface area (Å²) < 4.78 is 7.16. The molecule has 0 fully saturated rings. The molecule has 8 heteroatoms. The second-order valence-corrected chi connectivity index (χ2v) is 9.57. The van der Waals surface area contributed by atoms with Crippen LogP contribution >= 0.6 is 11.6 Å². The number of fused-ring (bicyclic) bond motifs is 1. The maximum Gasteiger partial charge on any atom is 0.255 e. The van der Waals surface area contributed by atoms with Gasteiger partial charge in [-0.15, -0.1) is 0 Å². The monoisotopic (exact) mass is 514 g/mol. The number of benzene rings is 3. The molecule has 0 bridgehead atoms. The Morgan fingerprint density at radius 3 is 2.51 bits per heavy atom. The number of carbonyl (C=O) groups excluding carboxylic acids is 1. The largest absolute Gasteiger partial charge is 0.504 e. The van der Waals surface area contributed by atoms with E-state index in [1.807, 2.05) is 69.3 Å². The molecule has 3 N–H and O–H groups in total. The van der Waals surface area contributed by atoms with E-state index in [2.05, 4.69) is 10.6 Å². The van der Waals surface area contributed by atoms with E-state index < -0.39 is 6.04 Å². The van der Waals surface area contributed by atoms with Crippen molar-refractivity contribution in [2.75, 3.05) is 17.7 Å². The van der Waals surface area contributed by atoms with Gasteiger partial charge in [0.15, 0.2) is 11.5 Å². The van der Waals surface area contributed by atoms with Gasteiger partial charge in [-0.2, -0.15) is 5.10 Å². The quantitative estimate of drug-likeness (QED) is 0.284. The van der Waals surface area contributed by atoms with Crippen molar-refractivity contribution < 1.29 is 14.6 Å². The molecule has 4 aromatic rings. The van der Waals surface area contributed by atoms with Crippen LogP contribution in [0.1, 0.15) is 29.7 Å². The van der Waals surface area contributed by atoms with Crippen molar-refractivity contribution in [3.8, 4) is 22.8 Å². The van der Waals surface area contributed by atoms with E-state index in [4.69, 9.17) is 21.4 Å². The number of rotatable bonds is 5. The number of nitrogens with zero attached hydrogens (tertiary/aromatic N) is 2. The van der Waals surface area contributed by atoms with E-state index >= 15 is 0 Å². The summed E-state index contributed by atoms with van der Waals surface area (Å²) in [4.78, 5) is 13.8. The van der Waals surface area contributed by atoms with Gasteiger partial charge in [-0.25, -0.2) is 4.68 Å². The number of nitrogens with one attached hydrogen (secondary N) is 2. The molecule has 7 nitrogen and oxygen atoms in total. The van der Waals surface area contributed by atoms with Crippen molar-refractivity contribution in [3.05, 3.63) is 99.7 Å². The van der Waals surface area contributed by atoms with Gasteiger partial charge in [0.25, 0.3) is 5.91 Å². The Morgan fingerprint density at radius 1 is 1.05 bits per heavy atom. The van der Waals surface area contributed by atoms with Crippen LogP contribution in [-0.2, 0) is 4.79 Å². The minimum atomic E-state index is -0.572. The molecule has 1 aliphatic heterocycles. The lowest BCUT2D eigenvalue weighted by Gasteiger charge is -2.30. The number of methoxy groups -OCH3 is 1. The molecule has 188 valence electrons. The number of hydrogen-bond donors (Lipinski definition) is 3. The Kier molecular flexibility index (Phi) is 6.39. The van der Waals surface area contributed by atoms with Gasteiger partial charge in [-0.05, 0) is 62.2 Å². The maximum atomic E-state index is 13.8. The summed E-state index contributed by atoms with van der Waals surface area (Å²) >= 11 is 6.08. The third kappa shape index (κ3) is 4.66. The second-order valence-electron chi connectivity index (χ2n) is 9.14. The Morgan fingerprint density at radius 2 is 1.81 bits per heavy atom. The molecule has 1 unspecified atom stereocenters. The van der Waals surface area contributed by atoms with Crippen LogP contribution in [0, 0.1) is 13.8 Å². The van der Waals surface area contributed by atoms with Gasteiger partial charge < -0.3 is 20.5 Å². The van der Waals surface area contributed by atoms with Gasteiger partial charge in [-0.3, -0.25) is 4.79 Å². The van der Waals surface area contributed by atoms with Gasteiger partial charge in [0.05, 0.1) is 18.4 Å². The lowest BCUT2D eigenvalue weighted by atomic mass is 9.94. The number of aryl methyl sites for hydroxylation is 2. The summed E-state index contributed by atoms with van der Waals surface area (Å²) in [6, 6.07) is 19.8. The molecule has 3 aromatic carbocycles. The number of aromatic nitrogens is 2. The van der Waals surface area contributed by atoms with Crippen LogP contribution in [0.2, 0.25) is 5.02 Å². The minimum Gasteiger partial charge on any atom is -0.504 e. The molecule has 0 saturated carbocycles. The fourth-order valence-electron chi connectivity index (χ4n) is 4.64. The third-order valence-corrected chi connectivity index (χ3v) is 6.76. The molecule has 0 aliphatic carbocycles. The summed E-state index contributed by atoms with van der Waals surface area (Å²) in [6.07, 6.45) is 0. The predicted molar refractivity (Wildman–Crippen MR) is 146 cm³/mol. The highest BCUT2D eigenvalue weighted by molar-refractivity contribution is 6.30. The molecule has 37 heavy (non-hydrogen) atoms. The van der Waals surface area contributed by atoms with Crippen molar-refractivity contribution in [2.45, 2.75) is 26.8 Å². The fourth-order valence-corrected chi connectivity index (χ4v) is 4.77. The number of hydrogen-bond acceptors (Lipinski definition) is 5. The number of phenols is 1. The molecule has 5 rings (SSSR count). The van der Waals surface area contributed by atoms with Crippen LogP contribution in [0.3, 0.4) is 0 Å². The van der Waals surface area contributed by atoms with E-state index in [-0.39, 0.29) is 11.7 Å². The lowest BCUT2D eigenvalue weighted by molar-refractivity contribution is -0.113. The first-order chi connectivity index (χ1) is 17.7. The van der Waals surface area contributed by atoms with Crippen LogP contribution in [0.15, 0.2) is 78.0 Å². The molecular weight excluding hydrogens is 488 g/mol. The van der Waals surface area contributed by atoms with Crippen molar-refractivity contribution in [1.29, 1.82) is 0 Å². The number of aromatic hydroxyl groups is 1. The summed E-state index contributed by atoms with van der Waals surface area (Å²) in [5.74, 6) is 0.824. The number of carbonyl (C=O) groups is 1. The lowest BCUT2D eigenvalue weighted by Crippen LogP contribution is -2.31. The molecule has 0 spiro atoms. The fraction of sp³-hybridized carbons (Fsp3) is 0.172. The van der Waals surface area contributed by atoms with Gasteiger partial charge in [0.1, 0.15) is 11.9 Å². The van der Waals surface area contributed by atoms with Crippen LogP contribution in [0.5, 0.6) is 11.5 Å². The maximum absolute atomic E-state index is 13.8. The molecule has 1 aromatic heterocycles. The van der Waals surface area contributed by atoms with Crippen molar-refractivity contribution in [2.24, 2.45) is 0 Å². The highest BCUT2D eigenvalue weighted by atomic mass is 35.5. The second kappa shape index (κ2) is 9.67. The number of amides is 1. The first-order valence-electron chi connectivity index (χ1n) is 11.8. The van der Waals surface area contributed by atoms with Crippen molar-refractivity contribution >= 4 is 29.0 Å². The molecule has 1 aliphatic rings. The van der Waals surface area contributed by atoms with E-state index in [1.165, 1.54) is 7.11 Å². The zero-order chi connectivity index (χ0) is 26.3. The normalized spacial score (nSPS) is 14.7. The SMILES string of the molecule is COc1cc(C2C(C(=O)Nc3ccc(C)cc3C)=C(C)Nc3cc(-c4ccc(Cl)cc4)nn32)ccc1O. The van der Waals surface area contributed by atoms with Crippen molar-refractivity contribution in [1.82, 2.24) is 9.78 Å². The molecule has 0 radical (unpaired) electrons.